The molecule has 0 aliphatic carbocycles. The van der Waals surface area contributed by atoms with Crippen LogP contribution in [0.25, 0.3) is 10.8 Å². The first kappa shape index (κ1) is 16.7. The van der Waals surface area contributed by atoms with Crippen molar-refractivity contribution in [3.05, 3.63) is 36.4 Å². The Hall–Kier alpha value is -2.12. The Morgan fingerprint density at radius 3 is 2.62 bits per heavy atom. The first-order chi connectivity index (χ1) is 11.5. The molecule has 0 radical (unpaired) electrons. The summed E-state index contributed by atoms with van der Waals surface area (Å²) in [4.78, 5) is 11.5. The van der Waals surface area contributed by atoms with Crippen molar-refractivity contribution < 1.29 is 23.1 Å². The number of sulfonamides is 1. The summed E-state index contributed by atoms with van der Waals surface area (Å²) in [6, 6.07) is 9.23. The number of hydrogen-bond donors (Lipinski definition) is 1. The molecule has 0 bridgehead atoms. The van der Waals surface area contributed by atoms with Crippen LogP contribution in [0.3, 0.4) is 0 Å². The van der Waals surface area contributed by atoms with Gasteiger partial charge >= 0.3 is 5.97 Å². The lowest BCUT2D eigenvalue weighted by atomic mass is 10.1. The van der Waals surface area contributed by atoms with Gasteiger partial charge in [-0.1, -0.05) is 24.3 Å². The minimum Gasteiger partial charge on any atom is -0.493 e. The summed E-state index contributed by atoms with van der Waals surface area (Å²) >= 11 is 0. The lowest BCUT2D eigenvalue weighted by Crippen LogP contribution is -2.40. The van der Waals surface area contributed by atoms with Crippen molar-refractivity contribution in [2.75, 3.05) is 13.2 Å². The minimum absolute atomic E-state index is 0.120. The maximum Gasteiger partial charge on any atom is 0.322 e. The van der Waals surface area contributed by atoms with E-state index in [2.05, 4.69) is 0 Å². The lowest BCUT2D eigenvalue weighted by molar-refractivity contribution is -0.140. The number of benzene rings is 2. The highest BCUT2D eigenvalue weighted by atomic mass is 32.2. The van der Waals surface area contributed by atoms with E-state index in [9.17, 15) is 18.3 Å². The summed E-state index contributed by atoms with van der Waals surface area (Å²) in [7, 11) is -3.89. The quantitative estimate of drug-likeness (QED) is 0.896. The van der Waals surface area contributed by atoms with E-state index in [1.165, 1.54) is 6.07 Å². The van der Waals surface area contributed by atoms with Crippen LogP contribution >= 0.6 is 0 Å². The van der Waals surface area contributed by atoms with Crippen LogP contribution in [0.2, 0.25) is 0 Å². The third-order valence-corrected chi connectivity index (χ3v) is 6.19. The van der Waals surface area contributed by atoms with Gasteiger partial charge in [-0.3, -0.25) is 4.79 Å². The summed E-state index contributed by atoms with van der Waals surface area (Å²) < 4.78 is 32.8. The second-order valence-corrected chi connectivity index (χ2v) is 7.51. The van der Waals surface area contributed by atoms with Gasteiger partial charge in [-0.05, 0) is 31.9 Å². The second-order valence-electron chi connectivity index (χ2n) is 5.65. The third-order valence-electron chi connectivity index (χ3n) is 4.22. The van der Waals surface area contributed by atoms with Crippen LogP contribution in [0.1, 0.15) is 19.8 Å². The van der Waals surface area contributed by atoms with Crippen LogP contribution in [0.4, 0.5) is 0 Å². The molecule has 128 valence electrons. The molecule has 1 fully saturated rings. The number of nitrogens with zero attached hydrogens (tertiary/aromatic N) is 1. The van der Waals surface area contributed by atoms with Crippen LogP contribution in [-0.4, -0.2) is 43.0 Å². The van der Waals surface area contributed by atoms with Crippen molar-refractivity contribution in [1.29, 1.82) is 0 Å². The highest BCUT2D eigenvalue weighted by Gasteiger charge is 2.40. The summed E-state index contributed by atoms with van der Waals surface area (Å²) in [6.07, 6.45) is 0.884. The molecule has 1 aliphatic rings. The van der Waals surface area contributed by atoms with Crippen LogP contribution in [0.5, 0.6) is 5.75 Å². The smallest absolute Gasteiger partial charge is 0.322 e. The zero-order valence-corrected chi connectivity index (χ0v) is 14.1. The second kappa shape index (κ2) is 6.41. The molecule has 1 aliphatic heterocycles. The fraction of sp³-hybridized carbons (Fsp3) is 0.353. The molecule has 0 saturated carbocycles. The average Bonchev–Trinajstić information content (AvgIpc) is 3.06. The van der Waals surface area contributed by atoms with Crippen molar-refractivity contribution in [3.8, 4) is 5.75 Å². The van der Waals surface area contributed by atoms with E-state index < -0.39 is 22.0 Å². The Morgan fingerprint density at radius 2 is 1.96 bits per heavy atom. The first-order valence-corrected chi connectivity index (χ1v) is 9.30. The van der Waals surface area contributed by atoms with Crippen LogP contribution in [0.15, 0.2) is 41.3 Å². The number of hydrogen-bond acceptors (Lipinski definition) is 4. The molecule has 1 atom stereocenters. The fourth-order valence-corrected chi connectivity index (χ4v) is 5.00. The van der Waals surface area contributed by atoms with Gasteiger partial charge in [0, 0.05) is 17.3 Å². The zero-order chi connectivity index (χ0) is 17.3. The molecule has 2 aromatic carbocycles. The number of carboxylic acids is 1. The van der Waals surface area contributed by atoms with Gasteiger partial charge in [-0.25, -0.2) is 8.42 Å². The maximum atomic E-state index is 13.1. The first-order valence-electron chi connectivity index (χ1n) is 7.86. The van der Waals surface area contributed by atoms with Gasteiger partial charge in [0.2, 0.25) is 10.0 Å². The summed E-state index contributed by atoms with van der Waals surface area (Å²) in [6.45, 7) is 2.56. The molecular weight excluding hydrogens is 330 g/mol. The molecule has 0 spiro atoms. The van der Waals surface area contributed by atoms with Crippen molar-refractivity contribution in [3.63, 3.8) is 0 Å². The Bertz CT molecular complexity index is 878. The van der Waals surface area contributed by atoms with Gasteiger partial charge in [-0.2, -0.15) is 4.31 Å². The van der Waals surface area contributed by atoms with E-state index in [1.807, 2.05) is 13.0 Å². The van der Waals surface area contributed by atoms with E-state index >= 15 is 0 Å². The number of ether oxygens (including phenoxy) is 1. The van der Waals surface area contributed by atoms with Crippen LogP contribution in [0, 0.1) is 0 Å². The highest BCUT2D eigenvalue weighted by molar-refractivity contribution is 7.89. The topological polar surface area (TPSA) is 83.9 Å². The molecule has 1 N–H and O–H groups in total. The highest BCUT2D eigenvalue weighted by Crippen LogP contribution is 2.34. The van der Waals surface area contributed by atoms with Gasteiger partial charge in [-0.15, -0.1) is 0 Å². The van der Waals surface area contributed by atoms with Crippen LogP contribution in [-0.2, 0) is 14.8 Å². The number of rotatable bonds is 5. The Kier molecular flexibility index (Phi) is 4.47. The van der Waals surface area contributed by atoms with Crippen molar-refractivity contribution in [2.24, 2.45) is 0 Å². The molecule has 3 rings (SSSR count). The molecule has 0 amide bonds. The van der Waals surface area contributed by atoms with Crippen LogP contribution < -0.4 is 4.74 Å². The normalized spacial score (nSPS) is 18.8. The SMILES string of the molecule is CCOc1ccc(S(=O)(=O)N2CCCC2C(=O)O)c2ccccc12. The summed E-state index contributed by atoms with van der Waals surface area (Å²) in [5.74, 6) is -0.491. The van der Waals surface area contributed by atoms with Gasteiger partial charge in [0.05, 0.1) is 11.5 Å². The number of fused-ring (bicyclic) bond motifs is 1. The van der Waals surface area contributed by atoms with Gasteiger partial charge in [0.25, 0.3) is 0 Å². The molecule has 1 unspecified atom stereocenters. The van der Waals surface area contributed by atoms with Gasteiger partial charge in [0.15, 0.2) is 0 Å². The predicted molar refractivity (Wildman–Crippen MR) is 89.7 cm³/mol. The van der Waals surface area contributed by atoms with Crippen molar-refractivity contribution in [2.45, 2.75) is 30.7 Å². The average molecular weight is 349 g/mol. The standard InChI is InChI=1S/C17H19NO5S/c1-2-23-15-9-10-16(13-7-4-3-6-12(13)15)24(21,22)18-11-5-8-14(18)17(19)20/h3-4,6-7,9-10,14H,2,5,8,11H2,1H3,(H,19,20). The number of carbonyl (C=O) groups is 1. The largest absolute Gasteiger partial charge is 0.493 e. The summed E-state index contributed by atoms with van der Waals surface area (Å²) in [5, 5.41) is 10.5. The van der Waals surface area contributed by atoms with Crippen molar-refractivity contribution >= 4 is 26.8 Å². The van der Waals surface area contributed by atoms with E-state index in [0.717, 1.165) is 4.31 Å². The number of carboxylic acid groups (broad SMARTS) is 1. The molecule has 6 nitrogen and oxygen atoms in total. The Balaban J connectivity index is 2.15. The zero-order valence-electron chi connectivity index (χ0n) is 13.3. The molecule has 1 saturated heterocycles. The third kappa shape index (κ3) is 2.74. The van der Waals surface area contributed by atoms with Crippen molar-refractivity contribution in [1.82, 2.24) is 4.31 Å². The summed E-state index contributed by atoms with van der Waals surface area (Å²) in [5.41, 5.74) is 0. The predicted octanol–water partition coefficient (Wildman–Crippen LogP) is 2.48. The monoisotopic (exact) mass is 349 g/mol. The van der Waals surface area contributed by atoms with E-state index in [4.69, 9.17) is 4.74 Å². The lowest BCUT2D eigenvalue weighted by Gasteiger charge is -2.22. The van der Waals surface area contributed by atoms with E-state index in [0.29, 0.717) is 36.0 Å². The molecule has 1 heterocycles. The minimum atomic E-state index is -3.89. The Labute approximate surface area is 140 Å². The molecule has 2 aromatic rings. The Morgan fingerprint density at radius 1 is 1.25 bits per heavy atom. The van der Waals surface area contributed by atoms with Gasteiger partial charge < -0.3 is 9.84 Å². The molecule has 24 heavy (non-hydrogen) atoms. The number of aliphatic carboxylic acids is 1. The molecule has 0 aromatic heterocycles. The maximum absolute atomic E-state index is 13.1. The van der Waals surface area contributed by atoms with Gasteiger partial charge in [0.1, 0.15) is 11.8 Å². The van der Waals surface area contributed by atoms with E-state index in [1.54, 1.807) is 24.3 Å². The van der Waals surface area contributed by atoms with E-state index in [-0.39, 0.29) is 11.4 Å². The fourth-order valence-electron chi connectivity index (χ4n) is 3.15. The molecular formula is C17H19NO5S. The molecule has 7 heteroatoms.